The number of hydrogen-bond donors (Lipinski definition) is 3. The van der Waals surface area contributed by atoms with Gasteiger partial charge in [0, 0.05) is 11.8 Å². The molecule has 9 nitrogen and oxygen atoms in total. The minimum atomic E-state index is -3.74. The average Bonchev–Trinajstić information content (AvgIpc) is 2.90. The standard InChI is InChI=1S/C16H17F2N3O6/c1-25-14(23)7-10-15(24)19-4-5-21(10)8-13(22)20-9-2-3-11-12(6-9)27-16(17,18)26-11/h2-3,6,10H,4-5,7-8H2,1H3,(H,19,24)(H,20,22)/p+1/t10-/m1/s1. The van der Waals surface area contributed by atoms with E-state index in [1.807, 2.05) is 0 Å². The van der Waals surface area contributed by atoms with Gasteiger partial charge in [-0.3, -0.25) is 14.4 Å². The number of benzene rings is 1. The lowest BCUT2D eigenvalue weighted by molar-refractivity contribution is -0.909. The van der Waals surface area contributed by atoms with Crippen LogP contribution in [-0.4, -0.2) is 56.9 Å². The number of alkyl halides is 2. The number of ether oxygens (including phenoxy) is 3. The normalized spacial score (nSPS) is 22.7. The number of halogens is 2. The van der Waals surface area contributed by atoms with Gasteiger partial charge in [0.1, 0.15) is 6.42 Å². The molecule has 11 heteroatoms. The fourth-order valence-electron chi connectivity index (χ4n) is 2.97. The van der Waals surface area contributed by atoms with Gasteiger partial charge in [-0.15, -0.1) is 8.78 Å². The second-order valence-electron chi connectivity index (χ2n) is 6.09. The number of anilines is 1. The van der Waals surface area contributed by atoms with Gasteiger partial charge in [-0.1, -0.05) is 0 Å². The summed E-state index contributed by atoms with van der Waals surface area (Å²) in [5.74, 6) is -1.65. The molecule has 146 valence electrons. The number of carbonyl (C=O) groups is 3. The van der Waals surface area contributed by atoms with Gasteiger partial charge < -0.3 is 29.7 Å². The summed E-state index contributed by atoms with van der Waals surface area (Å²) in [5, 5.41) is 5.21. The van der Waals surface area contributed by atoms with Crippen LogP contribution in [0.4, 0.5) is 14.5 Å². The van der Waals surface area contributed by atoms with Gasteiger partial charge in [-0.25, -0.2) is 0 Å². The largest absolute Gasteiger partial charge is 0.586 e. The molecule has 2 heterocycles. The van der Waals surface area contributed by atoms with Crippen LogP contribution in [0.25, 0.3) is 0 Å². The van der Waals surface area contributed by atoms with E-state index in [0.717, 1.165) is 0 Å². The van der Waals surface area contributed by atoms with E-state index in [9.17, 15) is 23.2 Å². The average molecular weight is 386 g/mol. The topological polar surface area (TPSA) is 107 Å². The highest BCUT2D eigenvalue weighted by Crippen LogP contribution is 2.42. The zero-order valence-electron chi connectivity index (χ0n) is 14.3. The first-order chi connectivity index (χ1) is 12.8. The van der Waals surface area contributed by atoms with Gasteiger partial charge in [0.25, 0.3) is 11.8 Å². The quantitative estimate of drug-likeness (QED) is 0.555. The molecule has 1 saturated heterocycles. The van der Waals surface area contributed by atoms with Gasteiger partial charge in [0.15, 0.2) is 24.1 Å². The molecule has 1 aromatic rings. The van der Waals surface area contributed by atoms with E-state index in [1.54, 1.807) is 0 Å². The Balaban J connectivity index is 1.63. The van der Waals surface area contributed by atoms with Crippen molar-refractivity contribution in [1.82, 2.24) is 5.32 Å². The zero-order chi connectivity index (χ0) is 19.6. The van der Waals surface area contributed by atoms with Crippen LogP contribution < -0.4 is 25.0 Å². The number of piperazine rings is 1. The van der Waals surface area contributed by atoms with Crippen molar-refractivity contribution >= 4 is 23.5 Å². The summed E-state index contributed by atoms with van der Waals surface area (Å²) in [6.45, 7) is 0.742. The Hall–Kier alpha value is -2.95. The molecule has 1 aromatic carbocycles. The highest BCUT2D eigenvalue weighted by Gasteiger charge is 2.43. The monoisotopic (exact) mass is 386 g/mol. The van der Waals surface area contributed by atoms with E-state index >= 15 is 0 Å². The minimum absolute atomic E-state index is 0.0836. The summed E-state index contributed by atoms with van der Waals surface area (Å²) < 4.78 is 39.3. The van der Waals surface area contributed by atoms with E-state index in [2.05, 4.69) is 24.8 Å². The smallest absolute Gasteiger partial charge is 0.469 e. The number of hydrogen-bond acceptors (Lipinski definition) is 6. The lowest BCUT2D eigenvalue weighted by Crippen LogP contribution is -3.20. The molecule has 3 rings (SSSR count). The predicted molar refractivity (Wildman–Crippen MR) is 85.4 cm³/mol. The van der Waals surface area contributed by atoms with Crippen LogP contribution in [0.1, 0.15) is 6.42 Å². The Morgan fingerprint density at radius 3 is 2.85 bits per heavy atom. The van der Waals surface area contributed by atoms with Crippen LogP contribution in [0.2, 0.25) is 0 Å². The van der Waals surface area contributed by atoms with Crippen LogP contribution >= 0.6 is 0 Å². The molecular weight excluding hydrogens is 368 g/mol. The van der Waals surface area contributed by atoms with Crippen LogP contribution in [0.3, 0.4) is 0 Å². The Morgan fingerprint density at radius 2 is 2.11 bits per heavy atom. The number of rotatable bonds is 5. The summed E-state index contributed by atoms with van der Waals surface area (Å²) in [7, 11) is 1.22. The van der Waals surface area contributed by atoms with E-state index < -0.39 is 24.2 Å². The molecule has 2 atom stereocenters. The van der Waals surface area contributed by atoms with Crippen molar-refractivity contribution in [2.75, 3.05) is 32.1 Å². The maximum absolute atomic E-state index is 13.0. The molecule has 2 aliphatic heterocycles. The molecule has 2 aliphatic rings. The third-order valence-corrected chi connectivity index (χ3v) is 4.23. The van der Waals surface area contributed by atoms with Crippen molar-refractivity contribution in [1.29, 1.82) is 0 Å². The molecule has 3 N–H and O–H groups in total. The molecule has 0 bridgehead atoms. The number of amides is 2. The van der Waals surface area contributed by atoms with E-state index in [1.165, 1.54) is 25.3 Å². The summed E-state index contributed by atoms with van der Waals surface area (Å²) in [4.78, 5) is 36.4. The lowest BCUT2D eigenvalue weighted by Gasteiger charge is -2.30. The van der Waals surface area contributed by atoms with Crippen molar-refractivity contribution in [3.63, 3.8) is 0 Å². The van der Waals surface area contributed by atoms with E-state index in [0.29, 0.717) is 18.0 Å². The van der Waals surface area contributed by atoms with Crippen molar-refractivity contribution < 1.29 is 42.3 Å². The number of esters is 1. The fourth-order valence-corrected chi connectivity index (χ4v) is 2.97. The highest BCUT2D eigenvalue weighted by atomic mass is 19.3. The second-order valence-corrected chi connectivity index (χ2v) is 6.09. The molecule has 1 fully saturated rings. The fraction of sp³-hybridized carbons (Fsp3) is 0.438. The molecule has 0 aromatic heterocycles. The number of fused-ring (bicyclic) bond motifs is 1. The number of methoxy groups -OCH3 is 1. The Morgan fingerprint density at radius 1 is 1.37 bits per heavy atom. The van der Waals surface area contributed by atoms with Gasteiger partial charge >= 0.3 is 12.3 Å². The highest BCUT2D eigenvalue weighted by molar-refractivity contribution is 5.92. The molecule has 1 unspecified atom stereocenters. The van der Waals surface area contributed by atoms with Crippen molar-refractivity contribution in [2.45, 2.75) is 18.8 Å². The molecule has 0 radical (unpaired) electrons. The molecule has 0 spiro atoms. The number of nitrogens with one attached hydrogen (secondary N) is 3. The van der Waals surface area contributed by atoms with Crippen molar-refractivity contribution in [3.05, 3.63) is 18.2 Å². The zero-order valence-corrected chi connectivity index (χ0v) is 14.3. The van der Waals surface area contributed by atoms with Crippen LogP contribution in [0.5, 0.6) is 11.5 Å². The molecule has 0 saturated carbocycles. The van der Waals surface area contributed by atoms with Gasteiger partial charge in [-0.05, 0) is 12.1 Å². The minimum Gasteiger partial charge on any atom is -0.469 e. The summed E-state index contributed by atoms with van der Waals surface area (Å²) in [5.41, 5.74) is 0.241. The first kappa shape index (κ1) is 18.8. The SMILES string of the molecule is COC(=O)C[C@@H]1C(=O)NCC[NH+]1CC(=O)Nc1ccc2c(c1)OC(F)(F)O2. The first-order valence-electron chi connectivity index (χ1n) is 8.16. The van der Waals surface area contributed by atoms with E-state index in [4.69, 9.17) is 0 Å². The Kier molecular flexibility index (Phi) is 5.13. The maximum atomic E-state index is 13.0. The molecule has 0 aliphatic carbocycles. The van der Waals surface area contributed by atoms with Gasteiger partial charge in [0.05, 0.1) is 20.2 Å². The Bertz CT molecular complexity index is 773. The molecule has 2 amide bonds. The Labute approximate surface area is 152 Å². The summed E-state index contributed by atoms with van der Waals surface area (Å²) >= 11 is 0. The van der Waals surface area contributed by atoms with Crippen LogP contribution in [0, 0.1) is 0 Å². The number of carbonyl (C=O) groups excluding carboxylic acids is 3. The molecular formula is C16H18F2N3O6+. The van der Waals surface area contributed by atoms with Gasteiger partial charge in [-0.2, -0.15) is 0 Å². The third kappa shape index (κ3) is 4.42. The third-order valence-electron chi connectivity index (χ3n) is 4.23. The van der Waals surface area contributed by atoms with Gasteiger partial charge in [0.2, 0.25) is 0 Å². The first-order valence-corrected chi connectivity index (χ1v) is 8.16. The second kappa shape index (κ2) is 7.35. The number of quaternary nitrogens is 1. The van der Waals surface area contributed by atoms with E-state index in [-0.39, 0.29) is 36.1 Å². The predicted octanol–water partition coefficient (Wildman–Crippen LogP) is -1.11. The molecule has 27 heavy (non-hydrogen) atoms. The van der Waals surface area contributed by atoms with Crippen molar-refractivity contribution in [2.24, 2.45) is 0 Å². The maximum Gasteiger partial charge on any atom is 0.586 e. The summed E-state index contributed by atoms with van der Waals surface area (Å²) in [6, 6.07) is 3.13. The summed E-state index contributed by atoms with van der Waals surface area (Å²) in [6.07, 6.45) is -3.89. The van der Waals surface area contributed by atoms with Crippen LogP contribution in [-0.2, 0) is 19.1 Å². The lowest BCUT2D eigenvalue weighted by atomic mass is 10.1. The van der Waals surface area contributed by atoms with Crippen LogP contribution in [0.15, 0.2) is 18.2 Å². The van der Waals surface area contributed by atoms with Crippen molar-refractivity contribution in [3.8, 4) is 11.5 Å².